The molecule has 0 unspecified atom stereocenters. The Morgan fingerprint density at radius 3 is 2.21 bits per heavy atom. The van der Waals surface area contributed by atoms with E-state index in [2.05, 4.69) is 5.32 Å². The van der Waals surface area contributed by atoms with Gasteiger partial charge in [-0.15, -0.1) is 0 Å². The first kappa shape index (κ1) is 35.0. The van der Waals surface area contributed by atoms with E-state index in [4.69, 9.17) is 16.3 Å². The van der Waals surface area contributed by atoms with Gasteiger partial charge in [0.2, 0.25) is 11.8 Å². The van der Waals surface area contributed by atoms with E-state index in [1.807, 2.05) is 54.6 Å². The molecule has 1 aliphatic rings. The van der Waals surface area contributed by atoms with Gasteiger partial charge in [-0.3, -0.25) is 13.9 Å². The number of sulfonamides is 1. The highest BCUT2D eigenvalue weighted by Gasteiger charge is 2.36. The van der Waals surface area contributed by atoms with Crippen molar-refractivity contribution in [1.29, 1.82) is 0 Å². The maximum atomic E-state index is 14.8. The van der Waals surface area contributed by atoms with Crippen LogP contribution in [0.5, 0.6) is 5.75 Å². The molecule has 0 bridgehead atoms. The second kappa shape index (κ2) is 16.2. The van der Waals surface area contributed by atoms with Gasteiger partial charge in [0, 0.05) is 24.0 Å². The standard InChI is InChI=1S/C38H42ClN3O5S/c1-28-34(39)22-13-23-35(28)42(48(45,46)33-20-10-5-11-21-33)27-37(43)41(26-30-16-12-19-32(24-30)47-2)36(25-29-14-6-3-7-15-29)38(44)40-31-17-8-4-9-18-31/h3,5-7,10-16,19-24,31,36H,4,8-9,17-18,25-27H2,1-2H3,(H,40,44)/t36-/m0/s1. The van der Waals surface area contributed by atoms with E-state index >= 15 is 0 Å². The highest BCUT2D eigenvalue weighted by atomic mass is 35.5. The fourth-order valence-electron chi connectivity index (χ4n) is 6.17. The Morgan fingerprint density at radius 1 is 0.875 bits per heavy atom. The third-order valence-electron chi connectivity index (χ3n) is 8.83. The van der Waals surface area contributed by atoms with E-state index in [9.17, 15) is 18.0 Å². The minimum atomic E-state index is -4.23. The third-order valence-corrected chi connectivity index (χ3v) is 11.0. The summed E-state index contributed by atoms with van der Waals surface area (Å²) >= 11 is 6.48. The molecule has 1 atom stereocenters. The van der Waals surface area contributed by atoms with Crippen molar-refractivity contribution in [3.63, 3.8) is 0 Å². The summed E-state index contributed by atoms with van der Waals surface area (Å²) in [5.41, 5.74) is 2.42. The first-order valence-corrected chi connectivity index (χ1v) is 18.1. The lowest BCUT2D eigenvalue weighted by Crippen LogP contribution is -2.55. The van der Waals surface area contributed by atoms with Crippen molar-refractivity contribution < 1.29 is 22.7 Å². The zero-order chi connectivity index (χ0) is 34.1. The lowest BCUT2D eigenvalue weighted by Gasteiger charge is -2.35. The van der Waals surface area contributed by atoms with Crippen LogP contribution in [0.3, 0.4) is 0 Å². The molecule has 0 aliphatic heterocycles. The van der Waals surface area contributed by atoms with E-state index in [0.717, 1.165) is 47.5 Å². The number of hydrogen-bond donors (Lipinski definition) is 1. The summed E-state index contributed by atoms with van der Waals surface area (Å²) in [5, 5.41) is 3.60. The number of nitrogens with zero attached hydrogens (tertiary/aromatic N) is 2. The van der Waals surface area contributed by atoms with Crippen molar-refractivity contribution >= 4 is 39.1 Å². The second-order valence-electron chi connectivity index (χ2n) is 12.1. The molecule has 4 aromatic rings. The average molecular weight is 688 g/mol. The molecule has 2 amide bonds. The minimum Gasteiger partial charge on any atom is -0.497 e. The number of rotatable bonds is 13. The first-order chi connectivity index (χ1) is 23.2. The van der Waals surface area contributed by atoms with E-state index in [1.165, 1.54) is 17.0 Å². The predicted molar refractivity (Wildman–Crippen MR) is 190 cm³/mol. The smallest absolute Gasteiger partial charge is 0.264 e. The molecular formula is C38H42ClN3O5S. The number of carbonyl (C=O) groups is 2. The molecule has 5 rings (SSSR count). The summed E-state index contributed by atoms with van der Waals surface area (Å²) in [6.45, 7) is 1.23. The topological polar surface area (TPSA) is 96.0 Å². The number of nitrogens with one attached hydrogen (secondary N) is 1. The summed E-state index contributed by atoms with van der Waals surface area (Å²) in [5.74, 6) is -0.191. The van der Waals surface area contributed by atoms with Crippen molar-refractivity contribution in [1.82, 2.24) is 10.2 Å². The van der Waals surface area contributed by atoms with Gasteiger partial charge in [0.25, 0.3) is 10.0 Å². The Morgan fingerprint density at radius 2 is 1.52 bits per heavy atom. The van der Waals surface area contributed by atoms with Crippen LogP contribution < -0.4 is 14.4 Å². The lowest BCUT2D eigenvalue weighted by molar-refractivity contribution is -0.140. The van der Waals surface area contributed by atoms with Crippen LogP contribution in [0, 0.1) is 6.92 Å². The molecule has 0 heterocycles. The fourth-order valence-corrected chi connectivity index (χ4v) is 7.83. The molecule has 1 N–H and O–H groups in total. The van der Waals surface area contributed by atoms with Gasteiger partial charge in [-0.05, 0) is 72.9 Å². The largest absolute Gasteiger partial charge is 0.497 e. The van der Waals surface area contributed by atoms with Gasteiger partial charge < -0.3 is 15.0 Å². The summed E-state index contributed by atoms with van der Waals surface area (Å²) in [6, 6.07) is 28.9. The first-order valence-electron chi connectivity index (χ1n) is 16.3. The number of carbonyl (C=O) groups excluding carboxylic acids is 2. The maximum Gasteiger partial charge on any atom is 0.264 e. The number of hydrogen-bond acceptors (Lipinski definition) is 5. The van der Waals surface area contributed by atoms with Gasteiger partial charge in [0.1, 0.15) is 18.3 Å². The van der Waals surface area contributed by atoms with E-state index in [-0.39, 0.29) is 35.5 Å². The Bertz CT molecular complexity index is 1800. The zero-order valence-corrected chi connectivity index (χ0v) is 28.9. The molecule has 252 valence electrons. The van der Waals surface area contributed by atoms with Gasteiger partial charge in [0.15, 0.2) is 0 Å². The molecule has 1 saturated carbocycles. The molecule has 4 aromatic carbocycles. The summed E-state index contributed by atoms with van der Waals surface area (Å²) < 4.78 is 35.1. The number of anilines is 1. The van der Waals surface area contributed by atoms with Crippen LogP contribution in [-0.2, 0) is 32.6 Å². The van der Waals surface area contributed by atoms with Gasteiger partial charge in [-0.25, -0.2) is 8.42 Å². The van der Waals surface area contributed by atoms with Crippen molar-refractivity contribution in [2.45, 2.75) is 69.0 Å². The van der Waals surface area contributed by atoms with Gasteiger partial charge in [0.05, 0.1) is 17.7 Å². The highest BCUT2D eigenvalue weighted by Crippen LogP contribution is 2.31. The molecule has 48 heavy (non-hydrogen) atoms. The SMILES string of the molecule is COc1cccc(CN(C(=O)CN(c2cccc(Cl)c2C)S(=O)(=O)c2ccccc2)[C@@H](Cc2ccccc2)C(=O)NC2CCCCC2)c1. The Labute approximate surface area is 288 Å². The number of amides is 2. The average Bonchev–Trinajstić information content (AvgIpc) is 3.11. The molecule has 0 radical (unpaired) electrons. The molecule has 1 fully saturated rings. The number of methoxy groups -OCH3 is 1. The van der Waals surface area contributed by atoms with Gasteiger partial charge >= 0.3 is 0 Å². The van der Waals surface area contributed by atoms with Crippen LogP contribution in [0.2, 0.25) is 5.02 Å². The molecule has 0 saturated heterocycles. The zero-order valence-electron chi connectivity index (χ0n) is 27.3. The van der Waals surface area contributed by atoms with Gasteiger partial charge in [-0.1, -0.05) is 97.6 Å². The molecule has 0 aromatic heterocycles. The second-order valence-corrected chi connectivity index (χ2v) is 14.4. The summed E-state index contributed by atoms with van der Waals surface area (Å²) in [7, 11) is -2.66. The quantitative estimate of drug-likeness (QED) is 0.164. The minimum absolute atomic E-state index is 0.0161. The van der Waals surface area contributed by atoms with Gasteiger partial charge in [-0.2, -0.15) is 0 Å². The van der Waals surface area contributed by atoms with Crippen molar-refractivity contribution in [3.8, 4) is 5.75 Å². The third kappa shape index (κ3) is 8.57. The van der Waals surface area contributed by atoms with Crippen molar-refractivity contribution in [2.24, 2.45) is 0 Å². The maximum absolute atomic E-state index is 14.8. The Balaban J connectivity index is 1.59. The number of halogens is 1. The molecule has 10 heteroatoms. The van der Waals surface area contributed by atoms with Crippen molar-refractivity contribution in [3.05, 3.63) is 125 Å². The van der Waals surface area contributed by atoms with Crippen LogP contribution in [0.1, 0.15) is 48.8 Å². The Hall–Kier alpha value is -4.34. The monoisotopic (exact) mass is 687 g/mol. The summed E-state index contributed by atoms with van der Waals surface area (Å²) in [6.07, 6.45) is 5.21. The van der Waals surface area contributed by atoms with Crippen LogP contribution >= 0.6 is 11.6 Å². The molecule has 0 spiro atoms. The predicted octanol–water partition coefficient (Wildman–Crippen LogP) is 6.94. The van der Waals surface area contributed by atoms with Crippen LogP contribution in [0.4, 0.5) is 5.69 Å². The van der Waals surface area contributed by atoms with E-state index in [0.29, 0.717) is 16.3 Å². The molecular weight excluding hydrogens is 646 g/mol. The normalized spacial score (nSPS) is 14.1. The van der Waals surface area contributed by atoms with Crippen LogP contribution in [-0.4, -0.2) is 50.9 Å². The molecule has 8 nitrogen and oxygen atoms in total. The number of benzene rings is 4. The molecule has 1 aliphatic carbocycles. The highest BCUT2D eigenvalue weighted by molar-refractivity contribution is 7.92. The van der Waals surface area contributed by atoms with E-state index in [1.54, 1.807) is 50.4 Å². The lowest BCUT2D eigenvalue weighted by atomic mass is 9.94. The Kier molecular flexibility index (Phi) is 11.8. The van der Waals surface area contributed by atoms with Crippen molar-refractivity contribution in [2.75, 3.05) is 18.0 Å². The number of ether oxygens (including phenoxy) is 1. The summed E-state index contributed by atoms with van der Waals surface area (Å²) in [4.78, 5) is 30.6. The fraction of sp³-hybridized carbons (Fsp3) is 0.316. The van der Waals surface area contributed by atoms with Crippen LogP contribution in [0.25, 0.3) is 0 Å². The van der Waals surface area contributed by atoms with E-state index < -0.39 is 28.5 Å². The van der Waals surface area contributed by atoms with Crippen LogP contribution in [0.15, 0.2) is 108 Å².